The molecule has 1 aromatic carbocycles. The number of hydrogen-bond donors (Lipinski definition) is 2. The van der Waals surface area contributed by atoms with Crippen molar-refractivity contribution in [2.24, 2.45) is 0 Å². The van der Waals surface area contributed by atoms with Gasteiger partial charge in [-0.25, -0.2) is 13.2 Å². The van der Waals surface area contributed by atoms with Crippen molar-refractivity contribution < 1.29 is 39.6 Å². The van der Waals surface area contributed by atoms with E-state index in [1.165, 1.54) is 0 Å². The van der Waals surface area contributed by atoms with E-state index in [9.17, 15) is 39.6 Å². The van der Waals surface area contributed by atoms with Crippen LogP contribution in [0.3, 0.4) is 0 Å². The summed E-state index contributed by atoms with van der Waals surface area (Å²) >= 11 is 0. The standard InChI is InChI=1S/C13H12F6N2O3S/c14-12(15,16)7-3-8(13(17,18)19)5-10(4-7)21-11(22)20-9-1-2-25(23,24)6-9/h3-5,9H,1-2,6H2,(H2,20,21,22). The molecule has 0 radical (unpaired) electrons. The quantitative estimate of drug-likeness (QED) is 0.763. The Morgan fingerprint density at radius 1 is 1.00 bits per heavy atom. The van der Waals surface area contributed by atoms with Crippen LogP contribution in [-0.4, -0.2) is 32.0 Å². The summed E-state index contributed by atoms with van der Waals surface area (Å²) in [5, 5.41) is 4.08. The molecule has 1 aromatic rings. The van der Waals surface area contributed by atoms with Gasteiger partial charge in [0, 0.05) is 11.7 Å². The monoisotopic (exact) mass is 390 g/mol. The number of nitrogens with one attached hydrogen (secondary N) is 2. The molecule has 2 N–H and O–H groups in total. The molecule has 0 saturated carbocycles. The molecule has 1 unspecified atom stereocenters. The zero-order valence-corrected chi connectivity index (χ0v) is 13.1. The molecule has 1 aliphatic rings. The molecule has 25 heavy (non-hydrogen) atoms. The summed E-state index contributed by atoms with van der Waals surface area (Å²) < 4.78 is 98.9. The lowest BCUT2D eigenvalue weighted by molar-refractivity contribution is -0.143. The minimum Gasteiger partial charge on any atom is -0.334 e. The minimum atomic E-state index is -5.03. The topological polar surface area (TPSA) is 75.3 Å². The van der Waals surface area contributed by atoms with E-state index in [4.69, 9.17) is 0 Å². The Labute approximate surface area is 138 Å². The van der Waals surface area contributed by atoms with E-state index in [0.717, 1.165) is 0 Å². The Bertz CT molecular complexity index is 741. The Kier molecular flexibility index (Phi) is 4.94. The first-order chi connectivity index (χ1) is 11.3. The van der Waals surface area contributed by atoms with Gasteiger partial charge in [-0.05, 0) is 24.6 Å². The summed E-state index contributed by atoms with van der Waals surface area (Å²) in [5.74, 6) is -0.490. The Morgan fingerprint density at radius 2 is 1.52 bits per heavy atom. The van der Waals surface area contributed by atoms with E-state index in [2.05, 4.69) is 5.32 Å². The predicted octanol–water partition coefficient (Wildman–Crippen LogP) is 3.03. The third kappa shape index (κ3) is 5.25. The molecule has 2 amide bonds. The number of sulfone groups is 1. The minimum absolute atomic E-state index is 0.0629. The van der Waals surface area contributed by atoms with Crippen LogP contribution in [0.5, 0.6) is 0 Å². The Hall–Kier alpha value is -1.98. The van der Waals surface area contributed by atoms with Gasteiger partial charge in [0.2, 0.25) is 0 Å². The predicted molar refractivity (Wildman–Crippen MR) is 75.7 cm³/mol. The number of urea groups is 1. The molecule has 0 bridgehead atoms. The maximum atomic E-state index is 12.7. The maximum Gasteiger partial charge on any atom is 0.416 e. The maximum absolute atomic E-state index is 12.7. The van der Waals surface area contributed by atoms with Gasteiger partial charge in [-0.1, -0.05) is 0 Å². The normalized spacial score (nSPS) is 20.3. The average Bonchev–Trinajstić information content (AvgIpc) is 2.75. The van der Waals surface area contributed by atoms with E-state index in [1.807, 2.05) is 5.32 Å². The number of alkyl halides is 6. The number of rotatable bonds is 2. The largest absolute Gasteiger partial charge is 0.416 e. The second kappa shape index (κ2) is 6.39. The molecule has 1 saturated heterocycles. The molecule has 140 valence electrons. The van der Waals surface area contributed by atoms with Gasteiger partial charge in [0.05, 0.1) is 22.6 Å². The summed E-state index contributed by atoms with van der Waals surface area (Å²) in [7, 11) is -3.31. The fourth-order valence-electron chi connectivity index (χ4n) is 2.29. The van der Waals surface area contributed by atoms with Crippen LogP contribution in [0.1, 0.15) is 17.5 Å². The molecule has 2 rings (SSSR count). The highest BCUT2D eigenvalue weighted by atomic mass is 32.2. The van der Waals surface area contributed by atoms with Crippen LogP contribution in [0.15, 0.2) is 18.2 Å². The number of benzene rings is 1. The molecule has 1 atom stereocenters. The number of hydrogen-bond acceptors (Lipinski definition) is 3. The van der Waals surface area contributed by atoms with Crippen molar-refractivity contribution in [2.75, 3.05) is 16.8 Å². The summed E-state index contributed by atoms with van der Waals surface area (Å²) in [6.07, 6.45) is -9.95. The van der Waals surface area contributed by atoms with Crippen LogP contribution in [0.4, 0.5) is 36.8 Å². The first-order valence-corrected chi connectivity index (χ1v) is 8.66. The van der Waals surface area contributed by atoms with Crippen LogP contribution in [0.25, 0.3) is 0 Å². The fourth-order valence-corrected chi connectivity index (χ4v) is 3.96. The molecular weight excluding hydrogens is 378 g/mol. The second-order valence-corrected chi connectivity index (χ2v) is 7.72. The second-order valence-electron chi connectivity index (χ2n) is 5.49. The molecule has 1 heterocycles. The van der Waals surface area contributed by atoms with Crippen LogP contribution in [0, 0.1) is 0 Å². The van der Waals surface area contributed by atoms with Gasteiger partial charge in [0.25, 0.3) is 0 Å². The highest BCUT2D eigenvalue weighted by Crippen LogP contribution is 2.37. The lowest BCUT2D eigenvalue weighted by Crippen LogP contribution is -2.38. The molecule has 1 aliphatic heterocycles. The third-order valence-corrected chi connectivity index (χ3v) is 5.18. The van der Waals surface area contributed by atoms with E-state index in [-0.39, 0.29) is 24.0 Å². The van der Waals surface area contributed by atoms with Crippen molar-refractivity contribution in [2.45, 2.75) is 24.8 Å². The summed E-state index contributed by atoms with van der Waals surface area (Å²) in [4.78, 5) is 11.7. The van der Waals surface area contributed by atoms with Crippen LogP contribution < -0.4 is 10.6 Å². The van der Waals surface area contributed by atoms with E-state index in [0.29, 0.717) is 12.1 Å². The lowest BCUT2D eigenvalue weighted by Gasteiger charge is -2.16. The van der Waals surface area contributed by atoms with Gasteiger partial charge in [0.1, 0.15) is 0 Å². The number of halogens is 6. The van der Waals surface area contributed by atoms with E-state index < -0.39 is 51.1 Å². The van der Waals surface area contributed by atoms with E-state index in [1.54, 1.807) is 0 Å². The lowest BCUT2D eigenvalue weighted by atomic mass is 10.1. The van der Waals surface area contributed by atoms with Gasteiger partial charge in [0.15, 0.2) is 9.84 Å². The van der Waals surface area contributed by atoms with Crippen molar-refractivity contribution in [1.82, 2.24) is 5.32 Å². The van der Waals surface area contributed by atoms with E-state index >= 15 is 0 Å². The van der Waals surface area contributed by atoms with Gasteiger partial charge < -0.3 is 10.6 Å². The zero-order valence-electron chi connectivity index (χ0n) is 12.3. The number of amides is 2. The molecule has 1 fully saturated rings. The number of carbonyl (C=O) groups is 1. The Balaban J connectivity index is 2.19. The SMILES string of the molecule is O=C(Nc1cc(C(F)(F)F)cc(C(F)(F)F)c1)NC1CCS(=O)(=O)C1. The smallest absolute Gasteiger partial charge is 0.334 e. The van der Waals surface area contributed by atoms with Gasteiger partial charge >= 0.3 is 18.4 Å². The zero-order chi connectivity index (χ0) is 19.0. The van der Waals surface area contributed by atoms with Crippen LogP contribution >= 0.6 is 0 Å². The van der Waals surface area contributed by atoms with Crippen molar-refractivity contribution >= 4 is 21.6 Å². The van der Waals surface area contributed by atoms with Gasteiger partial charge in [-0.2, -0.15) is 26.3 Å². The molecule has 12 heteroatoms. The highest BCUT2D eigenvalue weighted by molar-refractivity contribution is 7.91. The molecule has 0 aromatic heterocycles. The molecule has 5 nitrogen and oxygen atoms in total. The first-order valence-electron chi connectivity index (χ1n) is 6.84. The number of carbonyl (C=O) groups excluding carboxylic acids is 1. The van der Waals surface area contributed by atoms with Crippen molar-refractivity contribution in [1.29, 1.82) is 0 Å². The first kappa shape index (κ1) is 19.3. The average molecular weight is 390 g/mol. The number of anilines is 1. The molecule has 0 spiro atoms. The Morgan fingerprint density at radius 3 is 1.92 bits per heavy atom. The fraction of sp³-hybridized carbons (Fsp3) is 0.462. The molecule has 0 aliphatic carbocycles. The molecular formula is C13H12F6N2O3S. The van der Waals surface area contributed by atoms with Crippen molar-refractivity contribution in [3.63, 3.8) is 0 Å². The van der Waals surface area contributed by atoms with Crippen LogP contribution in [0.2, 0.25) is 0 Å². The summed E-state index contributed by atoms with van der Waals surface area (Å²) in [6, 6.07) is -1.18. The summed E-state index contributed by atoms with van der Waals surface area (Å²) in [5.41, 5.74) is -3.84. The summed E-state index contributed by atoms with van der Waals surface area (Å²) in [6.45, 7) is 0. The third-order valence-electron chi connectivity index (χ3n) is 3.41. The van der Waals surface area contributed by atoms with Crippen LogP contribution in [-0.2, 0) is 22.2 Å². The van der Waals surface area contributed by atoms with Gasteiger partial charge in [-0.3, -0.25) is 0 Å². The van der Waals surface area contributed by atoms with Crippen molar-refractivity contribution in [3.8, 4) is 0 Å². The van der Waals surface area contributed by atoms with Gasteiger partial charge in [-0.15, -0.1) is 0 Å². The highest BCUT2D eigenvalue weighted by Gasteiger charge is 2.37. The van der Waals surface area contributed by atoms with Crippen molar-refractivity contribution in [3.05, 3.63) is 29.3 Å².